The molecule has 36 heavy (non-hydrogen) atoms. The topological polar surface area (TPSA) is 93.5 Å². The first-order valence-electron chi connectivity index (χ1n) is 11.4. The van der Waals surface area contributed by atoms with Crippen LogP contribution in [0.1, 0.15) is 17.0 Å². The van der Waals surface area contributed by atoms with Crippen LogP contribution in [0.4, 0.5) is 5.69 Å². The third kappa shape index (κ3) is 5.41. The zero-order valence-corrected chi connectivity index (χ0v) is 21.2. The molecule has 0 unspecified atom stereocenters. The second-order valence-corrected chi connectivity index (χ2v) is 10.1. The van der Waals surface area contributed by atoms with Gasteiger partial charge in [-0.3, -0.25) is 9.10 Å². The Morgan fingerprint density at radius 2 is 1.69 bits per heavy atom. The Kier molecular flexibility index (Phi) is 7.40. The van der Waals surface area contributed by atoms with E-state index in [1.807, 2.05) is 48.9 Å². The van der Waals surface area contributed by atoms with Gasteiger partial charge in [0.25, 0.3) is 10.0 Å². The molecule has 186 valence electrons. The van der Waals surface area contributed by atoms with Crippen LogP contribution in [-0.2, 0) is 21.4 Å². The maximum Gasteiger partial charge on any atom is 0.264 e. The smallest absolute Gasteiger partial charge is 0.264 e. The van der Waals surface area contributed by atoms with E-state index in [4.69, 9.17) is 4.74 Å². The molecule has 0 aliphatic heterocycles. The van der Waals surface area contributed by atoms with Gasteiger partial charge >= 0.3 is 0 Å². The van der Waals surface area contributed by atoms with E-state index in [2.05, 4.69) is 10.3 Å². The highest BCUT2D eigenvalue weighted by Crippen LogP contribution is 2.26. The van der Waals surface area contributed by atoms with Gasteiger partial charge in [-0.2, -0.15) is 0 Å². The number of ether oxygens (including phenoxy) is 1. The molecular weight excluding hydrogens is 476 g/mol. The van der Waals surface area contributed by atoms with Gasteiger partial charge in [-0.15, -0.1) is 0 Å². The highest BCUT2D eigenvalue weighted by molar-refractivity contribution is 7.92. The maximum absolute atomic E-state index is 13.6. The van der Waals surface area contributed by atoms with Gasteiger partial charge in [0.15, 0.2) is 0 Å². The van der Waals surface area contributed by atoms with Crippen LogP contribution in [0.25, 0.3) is 5.69 Å². The Bertz CT molecular complexity index is 1450. The van der Waals surface area contributed by atoms with Crippen molar-refractivity contribution in [1.82, 2.24) is 14.9 Å². The summed E-state index contributed by atoms with van der Waals surface area (Å²) in [5.74, 6) is 0.976. The Labute approximate surface area is 211 Å². The largest absolute Gasteiger partial charge is 0.497 e. The Balaban J connectivity index is 1.58. The van der Waals surface area contributed by atoms with E-state index in [1.165, 1.54) is 7.11 Å². The molecule has 0 bridgehead atoms. The van der Waals surface area contributed by atoms with Crippen molar-refractivity contribution in [2.75, 3.05) is 18.0 Å². The standard InChI is InChI=1S/C27H28N4O4S/c1-20-8-14-25(15-9-20)36(33,34)31(23-10-12-24(35-3)13-11-23)19-27(32)29-18-22-6-4-5-7-26(22)30-17-16-28-21(30)2/h4-17H,18-19H2,1-3H3,(H,29,32). The lowest BCUT2D eigenvalue weighted by molar-refractivity contribution is -0.119. The number of anilines is 1. The van der Waals surface area contributed by atoms with Gasteiger partial charge in [0.2, 0.25) is 5.91 Å². The van der Waals surface area contributed by atoms with E-state index in [9.17, 15) is 13.2 Å². The second kappa shape index (κ2) is 10.7. The molecule has 0 atom stereocenters. The van der Waals surface area contributed by atoms with Crippen LogP contribution in [0.5, 0.6) is 5.75 Å². The molecule has 1 heterocycles. The molecular formula is C27H28N4O4S. The van der Waals surface area contributed by atoms with E-state index in [1.54, 1.807) is 54.7 Å². The van der Waals surface area contributed by atoms with Gasteiger partial charge in [-0.1, -0.05) is 35.9 Å². The first-order chi connectivity index (χ1) is 17.3. The van der Waals surface area contributed by atoms with Crippen LogP contribution in [0, 0.1) is 13.8 Å². The van der Waals surface area contributed by atoms with Crippen molar-refractivity contribution in [2.45, 2.75) is 25.3 Å². The Hall–Kier alpha value is -4.11. The lowest BCUT2D eigenvalue weighted by Gasteiger charge is -2.24. The lowest BCUT2D eigenvalue weighted by Crippen LogP contribution is -2.40. The van der Waals surface area contributed by atoms with Gasteiger partial charge in [0.1, 0.15) is 18.1 Å². The van der Waals surface area contributed by atoms with Gasteiger partial charge in [-0.25, -0.2) is 13.4 Å². The molecule has 1 N–H and O–H groups in total. The fourth-order valence-corrected chi connectivity index (χ4v) is 5.23. The molecule has 9 heteroatoms. The third-order valence-corrected chi connectivity index (χ3v) is 7.60. The van der Waals surface area contributed by atoms with Crippen LogP contribution in [-0.4, -0.2) is 37.5 Å². The van der Waals surface area contributed by atoms with Crippen LogP contribution in [0.2, 0.25) is 0 Å². The van der Waals surface area contributed by atoms with Gasteiger partial charge < -0.3 is 14.6 Å². The van der Waals surface area contributed by atoms with Crippen molar-refractivity contribution in [3.8, 4) is 11.4 Å². The minimum Gasteiger partial charge on any atom is -0.497 e. The van der Waals surface area contributed by atoms with E-state index >= 15 is 0 Å². The summed E-state index contributed by atoms with van der Waals surface area (Å²) in [6.07, 6.45) is 3.57. The van der Waals surface area contributed by atoms with Crippen molar-refractivity contribution in [3.63, 3.8) is 0 Å². The van der Waals surface area contributed by atoms with E-state index in [0.29, 0.717) is 11.4 Å². The first kappa shape index (κ1) is 25.0. The molecule has 8 nitrogen and oxygen atoms in total. The number of nitrogens with one attached hydrogen (secondary N) is 1. The highest BCUT2D eigenvalue weighted by atomic mass is 32.2. The molecule has 3 aromatic carbocycles. The predicted molar refractivity (Wildman–Crippen MR) is 139 cm³/mol. The summed E-state index contributed by atoms with van der Waals surface area (Å²) in [6, 6.07) is 20.8. The molecule has 0 aliphatic rings. The summed E-state index contributed by atoms with van der Waals surface area (Å²) in [4.78, 5) is 17.4. The number of para-hydroxylation sites is 1. The zero-order valence-electron chi connectivity index (χ0n) is 20.4. The maximum atomic E-state index is 13.6. The molecule has 4 rings (SSSR count). The number of aryl methyl sites for hydroxylation is 2. The normalized spacial score (nSPS) is 11.2. The Morgan fingerprint density at radius 1 is 1.00 bits per heavy atom. The minimum absolute atomic E-state index is 0.109. The number of sulfonamides is 1. The number of amides is 1. The number of nitrogens with zero attached hydrogens (tertiary/aromatic N) is 3. The Morgan fingerprint density at radius 3 is 2.33 bits per heavy atom. The molecule has 0 saturated heterocycles. The summed E-state index contributed by atoms with van der Waals surface area (Å²) in [6.45, 7) is 3.63. The van der Waals surface area contributed by atoms with Crippen LogP contribution >= 0.6 is 0 Å². The summed E-state index contributed by atoms with van der Waals surface area (Å²) in [5, 5.41) is 2.87. The SMILES string of the molecule is COc1ccc(N(CC(=O)NCc2ccccc2-n2ccnc2C)S(=O)(=O)c2ccc(C)cc2)cc1. The fraction of sp³-hybridized carbons (Fsp3) is 0.185. The van der Waals surface area contributed by atoms with E-state index in [-0.39, 0.29) is 18.0 Å². The zero-order chi connectivity index (χ0) is 25.7. The number of imidazole rings is 1. The summed E-state index contributed by atoms with van der Waals surface area (Å²) in [5.41, 5.74) is 3.08. The lowest BCUT2D eigenvalue weighted by atomic mass is 10.1. The van der Waals surface area contributed by atoms with Crippen molar-refractivity contribution >= 4 is 21.6 Å². The third-order valence-electron chi connectivity index (χ3n) is 5.81. The number of hydrogen-bond donors (Lipinski definition) is 1. The van der Waals surface area contributed by atoms with Crippen molar-refractivity contribution in [3.05, 3.63) is 102 Å². The number of benzene rings is 3. The van der Waals surface area contributed by atoms with Crippen molar-refractivity contribution in [1.29, 1.82) is 0 Å². The summed E-state index contributed by atoms with van der Waals surface area (Å²) in [7, 11) is -2.46. The predicted octanol–water partition coefficient (Wildman–Crippen LogP) is 4.01. The van der Waals surface area contributed by atoms with Gasteiger partial charge in [0, 0.05) is 18.9 Å². The van der Waals surface area contributed by atoms with Crippen molar-refractivity contribution < 1.29 is 17.9 Å². The average Bonchev–Trinajstić information content (AvgIpc) is 3.32. The minimum atomic E-state index is -4.00. The molecule has 0 saturated carbocycles. The molecule has 1 aromatic heterocycles. The molecule has 0 spiro atoms. The monoisotopic (exact) mass is 504 g/mol. The number of hydrogen-bond acceptors (Lipinski definition) is 5. The number of aromatic nitrogens is 2. The molecule has 0 aliphatic carbocycles. The molecule has 0 fully saturated rings. The van der Waals surface area contributed by atoms with Crippen molar-refractivity contribution in [2.24, 2.45) is 0 Å². The van der Waals surface area contributed by atoms with Gasteiger partial charge in [-0.05, 0) is 61.9 Å². The summed E-state index contributed by atoms with van der Waals surface area (Å²) < 4.78 is 35.4. The van der Waals surface area contributed by atoms with E-state index < -0.39 is 15.9 Å². The van der Waals surface area contributed by atoms with Crippen LogP contribution < -0.4 is 14.4 Å². The van der Waals surface area contributed by atoms with Gasteiger partial charge in [0.05, 0.1) is 23.4 Å². The number of carbonyl (C=O) groups excluding carboxylic acids is 1. The summed E-state index contributed by atoms with van der Waals surface area (Å²) >= 11 is 0. The number of carbonyl (C=O) groups is 1. The molecule has 0 radical (unpaired) electrons. The first-order valence-corrected chi connectivity index (χ1v) is 12.8. The molecule has 4 aromatic rings. The molecule has 1 amide bonds. The second-order valence-electron chi connectivity index (χ2n) is 8.27. The fourth-order valence-electron chi connectivity index (χ4n) is 3.81. The average molecular weight is 505 g/mol. The van der Waals surface area contributed by atoms with E-state index in [0.717, 1.165) is 26.9 Å². The highest BCUT2D eigenvalue weighted by Gasteiger charge is 2.27. The number of methoxy groups -OCH3 is 1. The quantitative estimate of drug-likeness (QED) is 0.372. The number of rotatable bonds is 9. The van der Waals surface area contributed by atoms with Crippen LogP contribution in [0.15, 0.2) is 90.1 Å². The van der Waals surface area contributed by atoms with Crippen LogP contribution in [0.3, 0.4) is 0 Å².